The summed E-state index contributed by atoms with van der Waals surface area (Å²) in [6.07, 6.45) is 8.33. The van der Waals surface area contributed by atoms with Crippen LogP contribution < -0.4 is 0 Å². The molecule has 5 nitrogen and oxygen atoms in total. The van der Waals surface area contributed by atoms with Gasteiger partial charge in [0.25, 0.3) is 0 Å². The Bertz CT molecular complexity index is 2080. The van der Waals surface area contributed by atoms with E-state index in [0.717, 1.165) is 75.2 Å². The van der Waals surface area contributed by atoms with Crippen LogP contribution in [-0.4, -0.2) is 15.9 Å². The van der Waals surface area contributed by atoms with Gasteiger partial charge in [-0.05, 0) is 55.4 Å². The van der Waals surface area contributed by atoms with Crippen molar-refractivity contribution >= 4 is 49.5 Å². The monoisotopic (exact) mass is 823 g/mol. The van der Waals surface area contributed by atoms with E-state index in [9.17, 15) is 9.90 Å². The van der Waals surface area contributed by atoms with Crippen LogP contribution in [0.15, 0.2) is 87.7 Å². The summed E-state index contributed by atoms with van der Waals surface area (Å²) in [5.74, 6) is 0.286. The van der Waals surface area contributed by atoms with E-state index in [0.29, 0.717) is 0 Å². The maximum atomic E-state index is 12.2. The summed E-state index contributed by atoms with van der Waals surface area (Å²) in [5, 5.41) is 15.6. The van der Waals surface area contributed by atoms with E-state index >= 15 is 0 Å². The Balaban J connectivity index is 0.000000251. The quantitative estimate of drug-likeness (QED) is 0.0940. The van der Waals surface area contributed by atoms with Crippen molar-refractivity contribution in [1.29, 1.82) is 0 Å². The summed E-state index contributed by atoms with van der Waals surface area (Å²) in [5.41, 5.74) is 4.92. The number of hydrogen-bond donors (Lipinski definition) is 1. The SMILES string of the molecule is CC(C)(C)c1cc(-c2nccc3c2oc2ccc4occc4c23)[c-]c2ccccc12.CCC(C)(CC)C(=O)/C=C(\O)C(C)(CC)CC.[Ir]. The molecule has 3 aromatic heterocycles. The molecular formula is C42H48IrNO4-. The van der Waals surface area contributed by atoms with E-state index in [-0.39, 0.29) is 47.9 Å². The zero-order valence-electron chi connectivity index (χ0n) is 29.7. The number of benzene rings is 3. The topological polar surface area (TPSA) is 76.5 Å². The number of ketones is 1. The van der Waals surface area contributed by atoms with Crippen LogP contribution in [0.3, 0.4) is 0 Å². The van der Waals surface area contributed by atoms with Gasteiger partial charge in [-0.3, -0.25) is 9.78 Å². The summed E-state index contributed by atoms with van der Waals surface area (Å²) < 4.78 is 11.9. The number of fused-ring (bicyclic) bond motifs is 6. The summed E-state index contributed by atoms with van der Waals surface area (Å²) >= 11 is 0. The molecule has 6 rings (SSSR count). The summed E-state index contributed by atoms with van der Waals surface area (Å²) in [7, 11) is 0. The standard InChI is InChI=1S/C27H20NO2.C15H28O2.Ir/c1-27(2,3)21-15-17(14-16-6-4-5-7-18(16)21)25-26-20(10-12-28-25)24-19-11-13-29-22(19)8-9-23(24)30-26;1-7-14(5,8-2)12(16)11-13(17)15(6,9-3)10-4;/h4-13,15H,1-3H3;11,16H,7-10H2,1-6H3;/q-1;;/b;12-11-;. The maximum absolute atomic E-state index is 12.2. The number of aliphatic hydroxyl groups excluding tert-OH is 1. The van der Waals surface area contributed by atoms with Gasteiger partial charge in [-0.15, -0.1) is 29.1 Å². The van der Waals surface area contributed by atoms with Crippen molar-refractivity contribution in [3.05, 3.63) is 90.5 Å². The number of hydrogen-bond acceptors (Lipinski definition) is 5. The first kappa shape index (κ1) is 37.1. The second kappa shape index (κ2) is 14.4. The molecule has 0 aliphatic heterocycles. The Kier molecular flexibility index (Phi) is 11.1. The summed E-state index contributed by atoms with van der Waals surface area (Å²) in [6.45, 7) is 18.8. The third-order valence-corrected chi connectivity index (χ3v) is 10.4. The van der Waals surface area contributed by atoms with Gasteiger partial charge in [0.05, 0.1) is 6.26 Å². The van der Waals surface area contributed by atoms with Gasteiger partial charge in [0.1, 0.15) is 22.5 Å². The molecule has 0 aliphatic carbocycles. The van der Waals surface area contributed by atoms with Gasteiger partial charge in [-0.25, -0.2) is 0 Å². The van der Waals surface area contributed by atoms with Crippen LogP contribution in [0.5, 0.6) is 0 Å². The minimum Gasteiger partial charge on any atom is -0.512 e. The van der Waals surface area contributed by atoms with Crippen LogP contribution in [0.1, 0.15) is 93.6 Å². The van der Waals surface area contributed by atoms with E-state index < -0.39 is 0 Å². The molecule has 1 radical (unpaired) electrons. The molecule has 0 saturated carbocycles. The molecule has 0 fully saturated rings. The molecule has 48 heavy (non-hydrogen) atoms. The van der Waals surface area contributed by atoms with Gasteiger partial charge in [0.15, 0.2) is 5.78 Å². The van der Waals surface area contributed by atoms with Gasteiger partial charge in [0.2, 0.25) is 0 Å². The van der Waals surface area contributed by atoms with Crippen LogP contribution in [0.4, 0.5) is 0 Å². The molecule has 0 spiro atoms. The van der Waals surface area contributed by atoms with Crippen molar-refractivity contribution < 1.29 is 38.8 Å². The second-order valence-electron chi connectivity index (χ2n) is 14.2. The Morgan fingerprint density at radius 3 is 2.12 bits per heavy atom. The smallest absolute Gasteiger partial charge is 0.164 e. The third-order valence-electron chi connectivity index (χ3n) is 10.4. The van der Waals surface area contributed by atoms with Crippen LogP contribution in [0, 0.1) is 16.9 Å². The molecule has 6 aromatic rings. The number of aromatic nitrogens is 1. The number of aliphatic hydroxyl groups is 1. The second-order valence-corrected chi connectivity index (χ2v) is 14.2. The third kappa shape index (κ3) is 6.88. The summed E-state index contributed by atoms with van der Waals surface area (Å²) in [4.78, 5) is 16.9. The number of furan rings is 2. The number of pyridine rings is 1. The Labute approximate surface area is 298 Å². The predicted octanol–water partition coefficient (Wildman–Crippen LogP) is 12.3. The normalized spacial score (nSPS) is 12.7. The van der Waals surface area contributed by atoms with Crippen molar-refractivity contribution in [2.24, 2.45) is 10.8 Å². The zero-order valence-corrected chi connectivity index (χ0v) is 32.1. The predicted molar refractivity (Wildman–Crippen MR) is 195 cm³/mol. The van der Waals surface area contributed by atoms with Gasteiger partial charge in [0, 0.05) is 65.1 Å². The van der Waals surface area contributed by atoms with Crippen molar-refractivity contribution in [2.75, 3.05) is 0 Å². The molecule has 0 aliphatic rings. The fourth-order valence-electron chi connectivity index (χ4n) is 6.10. The molecule has 0 unspecified atom stereocenters. The Hall–Kier alpha value is -3.73. The van der Waals surface area contributed by atoms with Crippen LogP contribution >= 0.6 is 0 Å². The molecule has 1 N–H and O–H groups in total. The van der Waals surface area contributed by atoms with E-state index in [1.165, 1.54) is 17.0 Å². The van der Waals surface area contributed by atoms with E-state index in [2.05, 4.69) is 57.2 Å². The van der Waals surface area contributed by atoms with Crippen molar-refractivity contribution in [1.82, 2.24) is 4.98 Å². The first-order valence-electron chi connectivity index (χ1n) is 16.9. The molecule has 0 bridgehead atoms. The first-order valence-corrected chi connectivity index (χ1v) is 16.9. The molecule has 6 heteroatoms. The van der Waals surface area contributed by atoms with Gasteiger partial charge in [-0.2, -0.15) is 0 Å². The Morgan fingerprint density at radius 2 is 1.48 bits per heavy atom. The fraction of sp³-hybridized carbons (Fsp3) is 0.381. The molecule has 0 saturated heterocycles. The van der Waals surface area contributed by atoms with Gasteiger partial charge in [-0.1, -0.05) is 91.5 Å². The van der Waals surface area contributed by atoms with Crippen molar-refractivity contribution in [3.8, 4) is 11.3 Å². The molecular weight excluding hydrogens is 775 g/mol. The van der Waals surface area contributed by atoms with Crippen molar-refractivity contribution in [3.63, 3.8) is 0 Å². The minimum absolute atomic E-state index is 0. The van der Waals surface area contributed by atoms with Crippen LogP contribution in [-0.2, 0) is 30.3 Å². The van der Waals surface area contributed by atoms with Crippen molar-refractivity contribution in [2.45, 2.75) is 93.4 Å². The fourth-order valence-corrected chi connectivity index (χ4v) is 6.10. The Morgan fingerprint density at radius 1 is 0.833 bits per heavy atom. The number of carbonyl (C=O) groups excluding carboxylic acids is 1. The van der Waals surface area contributed by atoms with Gasteiger partial charge >= 0.3 is 0 Å². The molecule has 0 atom stereocenters. The van der Waals surface area contributed by atoms with Crippen LogP contribution in [0.2, 0.25) is 0 Å². The molecule has 255 valence electrons. The number of allylic oxidation sites excluding steroid dienone is 2. The number of carbonyl (C=O) groups is 1. The van der Waals surface area contributed by atoms with Gasteiger partial charge < -0.3 is 13.9 Å². The average Bonchev–Trinajstić information content (AvgIpc) is 3.71. The maximum Gasteiger partial charge on any atom is 0.164 e. The molecule has 3 heterocycles. The largest absolute Gasteiger partial charge is 0.512 e. The number of rotatable bonds is 8. The van der Waals surface area contributed by atoms with Crippen LogP contribution in [0.25, 0.3) is 54.9 Å². The summed E-state index contributed by atoms with van der Waals surface area (Å²) in [6, 6.07) is 22.1. The first-order chi connectivity index (χ1) is 22.3. The van der Waals surface area contributed by atoms with E-state index in [4.69, 9.17) is 13.8 Å². The zero-order chi connectivity index (χ0) is 34.1. The molecule has 0 amide bonds. The minimum atomic E-state index is -0.337. The van der Waals surface area contributed by atoms with E-state index in [1.54, 1.807) is 6.26 Å². The van der Waals surface area contributed by atoms with E-state index in [1.807, 2.05) is 72.0 Å². The number of nitrogens with zero attached hydrogens (tertiary/aromatic N) is 1. The molecule has 3 aromatic carbocycles. The average molecular weight is 823 g/mol.